The molecule has 0 unspecified atom stereocenters. The first-order valence-corrected chi connectivity index (χ1v) is 8.25. The number of rotatable bonds is 9. The largest absolute Gasteiger partial charge is 0.389 e. The monoisotopic (exact) mass is 316 g/mol. The van der Waals surface area contributed by atoms with Gasteiger partial charge < -0.3 is 10.5 Å². The molecule has 0 saturated heterocycles. The van der Waals surface area contributed by atoms with E-state index in [1.54, 1.807) is 19.2 Å². The van der Waals surface area contributed by atoms with Crippen LogP contribution in [-0.2, 0) is 14.8 Å². The minimum absolute atomic E-state index is 0.217. The summed E-state index contributed by atoms with van der Waals surface area (Å²) in [5.41, 5.74) is 6.12. The van der Waals surface area contributed by atoms with Gasteiger partial charge in [0.1, 0.15) is 4.99 Å². The third-order valence-corrected chi connectivity index (χ3v) is 4.48. The first-order chi connectivity index (χ1) is 9.47. The Morgan fingerprint density at radius 3 is 2.45 bits per heavy atom. The molecule has 0 heterocycles. The van der Waals surface area contributed by atoms with Crippen molar-refractivity contribution in [3.05, 3.63) is 29.8 Å². The molecule has 0 aromatic heterocycles. The first kappa shape index (κ1) is 17.0. The van der Waals surface area contributed by atoms with Crippen LogP contribution >= 0.6 is 12.2 Å². The van der Waals surface area contributed by atoms with Gasteiger partial charge in [-0.15, -0.1) is 0 Å². The quantitative estimate of drug-likeness (QED) is 0.532. The summed E-state index contributed by atoms with van der Waals surface area (Å²) in [6.07, 6.45) is 2.64. The number of nitrogens with two attached hydrogens (primary N) is 1. The average Bonchev–Trinajstić information content (AvgIpc) is 2.43. The number of methoxy groups -OCH3 is 1. The smallest absolute Gasteiger partial charge is 0.240 e. The van der Waals surface area contributed by atoms with Crippen LogP contribution in [0.25, 0.3) is 0 Å². The van der Waals surface area contributed by atoms with Gasteiger partial charge in [0, 0.05) is 25.8 Å². The molecule has 0 aliphatic heterocycles. The molecule has 7 heteroatoms. The lowest BCUT2D eigenvalue weighted by molar-refractivity contribution is 0.192. The van der Waals surface area contributed by atoms with E-state index in [-0.39, 0.29) is 9.88 Å². The van der Waals surface area contributed by atoms with Crippen LogP contribution in [0, 0.1) is 0 Å². The minimum Gasteiger partial charge on any atom is -0.389 e. The fourth-order valence-corrected chi connectivity index (χ4v) is 2.85. The van der Waals surface area contributed by atoms with Crippen LogP contribution in [0.2, 0.25) is 0 Å². The summed E-state index contributed by atoms with van der Waals surface area (Å²) in [6, 6.07) is 6.22. The summed E-state index contributed by atoms with van der Waals surface area (Å²) in [6.45, 7) is 1.12. The first-order valence-electron chi connectivity index (χ1n) is 6.36. The maximum absolute atomic E-state index is 12.0. The summed E-state index contributed by atoms with van der Waals surface area (Å²) in [5, 5.41) is 0. The van der Waals surface area contributed by atoms with Crippen molar-refractivity contribution in [3.8, 4) is 0 Å². The molecule has 0 atom stereocenters. The number of sulfonamides is 1. The van der Waals surface area contributed by atoms with Crippen molar-refractivity contribution < 1.29 is 13.2 Å². The van der Waals surface area contributed by atoms with E-state index in [9.17, 15) is 8.42 Å². The van der Waals surface area contributed by atoms with E-state index in [0.717, 1.165) is 19.3 Å². The Labute approximate surface area is 125 Å². The highest BCUT2D eigenvalue weighted by atomic mass is 32.2. The SMILES string of the molecule is COCCCCCNS(=O)(=O)c1ccc(C(N)=S)cc1. The molecule has 0 aliphatic carbocycles. The number of benzene rings is 1. The minimum atomic E-state index is -3.46. The van der Waals surface area contributed by atoms with Crippen molar-refractivity contribution in [1.29, 1.82) is 0 Å². The van der Waals surface area contributed by atoms with Crippen molar-refractivity contribution in [1.82, 2.24) is 4.72 Å². The third-order valence-electron chi connectivity index (χ3n) is 2.77. The predicted octanol–water partition coefficient (Wildman–Crippen LogP) is 1.42. The van der Waals surface area contributed by atoms with Crippen LogP contribution in [-0.4, -0.2) is 33.7 Å². The molecule has 0 fully saturated rings. The number of thiocarbonyl (C=S) groups is 1. The average molecular weight is 316 g/mol. The van der Waals surface area contributed by atoms with E-state index in [2.05, 4.69) is 4.72 Å². The summed E-state index contributed by atoms with van der Waals surface area (Å²) < 4.78 is 31.5. The second kappa shape index (κ2) is 8.31. The Morgan fingerprint density at radius 2 is 1.90 bits per heavy atom. The Balaban J connectivity index is 2.49. The second-order valence-electron chi connectivity index (χ2n) is 4.34. The zero-order chi connectivity index (χ0) is 15.0. The molecule has 1 aromatic carbocycles. The number of hydrogen-bond donors (Lipinski definition) is 2. The molecule has 0 amide bonds. The van der Waals surface area contributed by atoms with Gasteiger partial charge in [0.2, 0.25) is 10.0 Å². The van der Waals surface area contributed by atoms with E-state index in [0.29, 0.717) is 18.7 Å². The van der Waals surface area contributed by atoms with Crippen molar-refractivity contribution in [2.24, 2.45) is 5.73 Å². The lowest BCUT2D eigenvalue weighted by Crippen LogP contribution is -2.25. The lowest BCUT2D eigenvalue weighted by Gasteiger charge is -2.07. The van der Waals surface area contributed by atoms with Crippen LogP contribution < -0.4 is 10.5 Å². The topological polar surface area (TPSA) is 81.4 Å². The van der Waals surface area contributed by atoms with Crippen LogP contribution in [0.1, 0.15) is 24.8 Å². The standard InChI is InChI=1S/C13H20N2O3S2/c1-18-10-4-2-3-9-15-20(16,17)12-7-5-11(6-8-12)13(14)19/h5-8,15H,2-4,9-10H2,1H3,(H2,14,19). The Bertz CT molecular complexity index is 527. The van der Waals surface area contributed by atoms with Gasteiger partial charge in [-0.2, -0.15) is 0 Å². The maximum Gasteiger partial charge on any atom is 0.240 e. The number of ether oxygens (including phenoxy) is 1. The van der Waals surface area contributed by atoms with Crippen molar-refractivity contribution in [2.45, 2.75) is 24.2 Å². The highest BCUT2D eigenvalue weighted by Crippen LogP contribution is 2.10. The molecule has 0 saturated carbocycles. The van der Waals surface area contributed by atoms with E-state index >= 15 is 0 Å². The molecular formula is C13H20N2O3S2. The second-order valence-corrected chi connectivity index (χ2v) is 6.55. The highest BCUT2D eigenvalue weighted by Gasteiger charge is 2.13. The van der Waals surface area contributed by atoms with Crippen LogP contribution in [0.3, 0.4) is 0 Å². The Morgan fingerprint density at radius 1 is 1.25 bits per heavy atom. The number of hydrogen-bond acceptors (Lipinski definition) is 4. The Hall–Kier alpha value is -1.02. The molecule has 5 nitrogen and oxygen atoms in total. The molecule has 0 spiro atoms. The zero-order valence-corrected chi connectivity index (χ0v) is 13.1. The number of unbranched alkanes of at least 4 members (excludes halogenated alkanes) is 2. The van der Waals surface area contributed by atoms with Crippen molar-refractivity contribution in [2.75, 3.05) is 20.3 Å². The van der Waals surface area contributed by atoms with Crippen molar-refractivity contribution in [3.63, 3.8) is 0 Å². The van der Waals surface area contributed by atoms with Gasteiger partial charge in [-0.3, -0.25) is 0 Å². The predicted molar refractivity (Wildman–Crippen MR) is 83.2 cm³/mol. The normalized spacial score (nSPS) is 11.4. The summed E-state index contributed by atoms with van der Waals surface area (Å²) in [7, 11) is -1.81. The molecular weight excluding hydrogens is 296 g/mol. The molecule has 0 radical (unpaired) electrons. The van der Waals surface area contributed by atoms with Gasteiger partial charge in [-0.1, -0.05) is 24.4 Å². The fraction of sp³-hybridized carbons (Fsp3) is 0.462. The highest BCUT2D eigenvalue weighted by molar-refractivity contribution is 7.89. The van der Waals surface area contributed by atoms with Gasteiger partial charge >= 0.3 is 0 Å². The maximum atomic E-state index is 12.0. The summed E-state index contributed by atoms with van der Waals surface area (Å²) in [4.78, 5) is 0.467. The van der Waals surface area contributed by atoms with Crippen LogP contribution in [0.5, 0.6) is 0 Å². The molecule has 3 N–H and O–H groups in total. The van der Waals surface area contributed by atoms with E-state index in [1.165, 1.54) is 12.1 Å². The van der Waals surface area contributed by atoms with Gasteiger partial charge in [0.15, 0.2) is 0 Å². The molecule has 0 bridgehead atoms. The van der Waals surface area contributed by atoms with Gasteiger partial charge in [0.25, 0.3) is 0 Å². The Kier molecular flexibility index (Phi) is 7.08. The van der Waals surface area contributed by atoms with Gasteiger partial charge in [-0.05, 0) is 31.4 Å². The third kappa shape index (κ3) is 5.54. The summed E-state index contributed by atoms with van der Waals surface area (Å²) in [5.74, 6) is 0. The molecule has 112 valence electrons. The number of nitrogens with one attached hydrogen (secondary N) is 1. The molecule has 1 rings (SSSR count). The van der Waals surface area contributed by atoms with Crippen molar-refractivity contribution >= 4 is 27.2 Å². The molecule has 20 heavy (non-hydrogen) atoms. The van der Waals surface area contributed by atoms with E-state index in [4.69, 9.17) is 22.7 Å². The van der Waals surface area contributed by atoms with E-state index < -0.39 is 10.0 Å². The van der Waals surface area contributed by atoms with E-state index in [1.807, 2.05) is 0 Å². The van der Waals surface area contributed by atoms with Gasteiger partial charge in [-0.25, -0.2) is 13.1 Å². The van der Waals surface area contributed by atoms with Gasteiger partial charge in [0.05, 0.1) is 4.90 Å². The fourth-order valence-electron chi connectivity index (χ4n) is 1.64. The summed E-state index contributed by atoms with van der Waals surface area (Å²) >= 11 is 4.82. The molecule has 0 aliphatic rings. The zero-order valence-electron chi connectivity index (χ0n) is 11.5. The van der Waals surface area contributed by atoms with Crippen LogP contribution in [0.15, 0.2) is 29.2 Å². The lowest BCUT2D eigenvalue weighted by atomic mass is 10.2. The molecule has 1 aromatic rings. The van der Waals surface area contributed by atoms with Crippen LogP contribution in [0.4, 0.5) is 0 Å².